The minimum Gasteiger partial charge on any atom is -0.343 e. The summed E-state index contributed by atoms with van der Waals surface area (Å²) in [6, 6.07) is 4.77. The minimum atomic E-state index is -3.63. The fraction of sp³-hybridized carbons (Fsp3) is 0.529. The largest absolute Gasteiger partial charge is 0.343 e. The van der Waals surface area contributed by atoms with Gasteiger partial charge in [-0.15, -0.1) is 11.8 Å². The summed E-state index contributed by atoms with van der Waals surface area (Å²) in [6.45, 7) is 3.01. The number of anilines is 1. The van der Waals surface area contributed by atoms with Crippen molar-refractivity contribution in [3.05, 3.63) is 18.2 Å². The van der Waals surface area contributed by atoms with E-state index < -0.39 is 15.1 Å². The second kappa shape index (κ2) is 7.37. The maximum Gasteiger partial charge on any atom is 0.234 e. The first-order valence-corrected chi connectivity index (χ1v) is 11.0. The van der Waals surface area contributed by atoms with Crippen LogP contribution < -0.4 is 5.32 Å². The third-order valence-corrected chi connectivity index (χ3v) is 7.82. The van der Waals surface area contributed by atoms with Crippen LogP contribution >= 0.6 is 11.8 Å². The number of nitrogens with one attached hydrogen (secondary N) is 1. The Labute approximate surface area is 152 Å². The predicted octanol–water partition coefficient (Wildman–Crippen LogP) is 2.30. The Morgan fingerprint density at radius 1 is 1.28 bits per heavy atom. The molecule has 6 nitrogen and oxygen atoms in total. The molecule has 0 radical (unpaired) electrons. The summed E-state index contributed by atoms with van der Waals surface area (Å²) in [5.41, 5.74) is 0.525. The third kappa shape index (κ3) is 4.00. The Morgan fingerprint density at radius 3 is 2.72 bits per heavy atom. The molecule has 1 saturated heterocycles. The fourth-order valence-electron chi connectivity index (χ4n) is 3.10. The van der Waals surface area contributed by atoms with Crippen molar-refractivity contribution < 1.29 is 18.0 Å². The van der Waals surface area contributed by atoms with Crippen molar-refractivity contribution in [2.24, 2.45) is 0 Å². The predicted molar refractivity (Wildman–Crippen MR) is 97.5 cm³/mol. The summed E-state index contributed by atoms with van der Waals surface area (Å²) in [5.74, 6) is 0.0952. The van der Waals surface area contributed by atoms with Gasteiger partial charge in [-0.05, 0) is 44.4 Å². The maximum absolute atomic E-state index is 12.8. The van der Waals surface area contributed by atoms with Crippen molar-refractivity contribution in [1.82, 2.24) is 4.90 Å². The first-order valence-electron chi connectivity index (χ1n) is 8.46. The monoisotopic (exact) mass is 382 g/mol. The zero-order valence-electron chi connectivity index (χ0n) is 14.2. The molecule has 25 heavy (non-hydrogen) atoms. The maximum atomic E-state index is 12.8. The number of carbonyl (C=O) groups is 2. The van der Waals surface area contributed by atoms with E-state index in [1.807, 2.05) is 0 Å². The Hall–Kier alpha value is -1.54. The van der Waals surface area contributed by atoms with Crippen molar-refractivity contribution in [3.8, 4) is 0 Å². The highest BCUT2D eigenvalue weighted by atomic mass is 32.2. The molecule has 0 aromatic heterocycles. The molecule has 1 fully saturated rings. The summed E-state index contributed by atoms with van der Waals surface area (Å²) >= 11 is 1.39. The number of hydrogen-bond acceptors (Lipinski definition) is 5. The van der Waals surface area contributed by atoms with Gasteiger partial charge in [-0.25, -0.2) is 8.42 Å². The van der Waals surface area contributed by atoms with E-state index >= 15 is 0 Å². The summed E-state index contributed by atoms with van der Waals surface area (Å²) < 4.78 is 25.7. The van der Waals surface area contributed by atoms with E-state index in [4.69, 9.17) is 0 Å². The van der Waals surface area contributed by atoms with Crippen LogP contribution in [0, 0.1) is 0 Å². The SMILES string of the molecule is CC(CC(=O)N1CCCCC1)S(=O)(=O)c1ccc2c(c1)NC(=O)CS2. The van der Waals surface area contributed by atoms with Crippen LogP contribution in [0.1, 0.15) is 32.6 Å². The van der Waals surface area contributed by atoms with E-state index in [0.717, 1.165) is 24.2 Å². The van der Waals surface area contributed by atoms with Crippen LogP contribution in [0.5, 0.6) is 0 Å². The molecule has 0 aliphatic carbocycles. The molecule has 1 aromatic carbocycles. The topological polar surface area (TPSA) is 83.6 Å². The quantitative estimate of drug-likeness (QED) is 0.864. The highest BCUT2D eigenvalue weighted by molar-refractivity contribution is 8.00. The molecule has 2 aliphatic rings. The Kier molecular flexibility index (Phi) is 5.38. The molecule has 0 spiro atoms. The average Bonchev–Trinajstić information content (AvgIpc) is 2.61. The van der Waals surface area contributed by atoms with Crippen molar-refractivity contribution >= 4 is 39.1 Å². The van der Waals surface area contributed by atoms with Crippen molar-refractivity contribution in [3.63, 3.8) is 0 Å². The zero-order chi connectivity index (χ0) is 18.0. The number of nitrogens with zero attached hydrogens (tertiary/aromatic N) is 1. The molecule has 1 atom stereocenters. The van der Waals surface area contributed by atoms with Crippen LogP contribution in [0.3, 0.4) is 0 Å². The lowest BCUT2D eigenvalue weighted by atomic mass is 10.1. The normalized spacial score (nSPS) is 19.1. The van der Waals surface area contributed by atoms with E-state index in [2.05, 4.69) is 5.32 Å². The smallest absolute Gasteiger partial charge is 0.234 e. The molecule has 1 unspecified atom stereocenters. The van der Waals surface area contributed by atoms with Gasteiger partial charge in [-0.3, -0.25) is 9.59 Å². The molecule has 2 aliphatic heterocycles. The van der Waals surface area contributed by atoms with Crippen molar-refractivity contribution in [2.75, 3.05) is 24.2 Å². The molecule has 1 aromatic rings. The summed E-state index contributed by atoms with van der Waals surface area (Å²) in [6.07, 6.45) is 3.07. The van der Waals surface area contributed by atoms with Crippen LogP contribution in [0.2, 0.25) is 0 Å². The number of benzene rings is 1. The lowest BCUT2D eigenvalue weighted by molar-refractivity contribution is -0.132. The number of sulfone groups is 1. The van der Waals surface area contributed by atoms with Crippen LogP contribution in [-0.2, 0) is 19.4 Å². The van der Waals surface area contributed by atoms with Crippen LogP contribution in [0.4, 0.5) is 5.69 Å². The molecule has 0 saturated carbocycles. The molecule has 136 valence electrons. The third-order valence-electron chi connectivity index (χ3n) is 4.61. The fourth-order valence-corrected chi connectivity index (χ4v) is 5.25. The van der Waals surface area contributed by atoms with E-state index in [-0.39, 0.29) is 23.1 Å². The standard InChI is InChI=1S/C17H22N2O4S2/c1-12(9-17(21)19-7-3-2-4-8-19)25(22,23)13-5-6-15-14(10-13)18-16(20)11-24-15/h5-6,10,12H,2-4,7-9,11H2,1H3,(H,18,20). The number of hydrogen-bond donors (Lipinski definition) is 1. The number of amides is 2. The van der Waals surface area contributed by atoms with Gasteiger partial charge in [0.15, 0.2) is 9.84 Å². The van der Waals surface area contributed by atoms with Crippen molar-refractivity contribution in [2.45, 2.75) is 47.6 Å². The van der Waals surface area contributed by atoms with Gasteiger partial charge in [0.1, 0.15) is 0 Å². The molecular weight excluding hydrogens is 360 g/mol. The summed E-state index contributed by atoms with van der Waals surface area (Å²) in [4.78, 5) is 26.6. The lowest BCUT2D eigenvalue weighted by Gasteiger charge is -2.27. The first-order chi connectivity index (χ1) is 11.9. The Morgan fingerprint density at radius 2 is 2.00 bits per heavy atom. The van der Waals surface area contributed by atoms with Gasteiger partial charge < -0.3 is 10.2 Å². The highest BCUT2D eigenvalue weighted by Crippen LogP contribution is 2.34. The van der Waals surface area contributed by atoms with E-state index in [9.17, 15) is 18.0 Å². The Balaban J connectivity index is 1.75. The first kappa shape index (κ1) is 18.3. The van der Waals surface area contributed by atoms with Gasteiger partial charge in [0.2, 0.25) is 11.8 Å². The zero-order valence-corrected chi connectivity index (χ0v) is 15.8. The van der Waals surface area contributed by atoms with E-state index in [1.165, 1.54) is 17.8 Å². The highest BCUT2D eigenvalue weighted by Gasteiger charge is 2.29. The molecule has 3 rings (SSSR count). The van der Waals surface area contributed by atoms with Gasteiger partial charge in [-0.1, -0.05) is 0 Å². The van der Waals surface area contributed by atoms with Crippen LogP contribution in [-0.4, -0.2) is 49.2 Å². The molecule has 1 N–H and O–H groups in total. The second-order valence-electron chi connectivity index (χ2n) is 6.50. The molecule has 2 heterocycles. The summed E-state index contributed by atoms with van der Waals surface area (Å²) in [5, 5.41) is 1.91. The average molecular weight is 383 g/mol. The van der Waals surface area contributed by atoms with E-state index in [1.54, 1.807) is 24.0 Å². The number of rotatable bonds is 4. The lowest BCUT2D eigenvalue weighted by Crippen LogP contribution is -2.38. The molecular formula is C17H22N2O4S2. The molecule has 0 bridgehead atoms. The number of fused-ring (bicyclic) bond motifs is 1. The van der Waals surface area contributed by atoms with Crippen molar-refractivity contribution in [1.29, 1.82) is 0 Å². The van der Waals surface area contributed by atoms with Gasteiger partial charge in [0.25, 0.3) is 0 Å². The van der Waals surface area contributed by atoms with Gasteiger partial charge in [-0.2, -0.15) is 0 Å². The van der Waals surface area contributed by atoms with Crippen LogP contribution in [0.15, 0.2) is 28.0 Å². The molecule has 8 heteroatoms. The van der Waals surface area contributed by atoms with Gasteiger partial charge in [0, 0.05) is 24.4 Å². The Bertz CT molecular complexity index is 786. The number of likely N-dealkylation sites (tertiary alicyclic amines) is 1. The van der Waals surface area contributed by atoms with Gasteiger partial charge in [0.05, 0.1) is 21.6 Å². The minimum absolute atomic E-state index is 0.0134. The van der Waals surface area contributed by atoms with Crippen LogP contribution in [0.25, 0.3) is 0 Å². The summed E-state index contributed by atoms with van der Waals surface area (Å²) in [7, 11) is -3.63. The van der Waals surface area contributed by atoms with Gasteiger partial charge >= 0.3 is 0 Å². The number of piperidine rings is 1. The number of carbonyl (C=O) groups excluding carboxylic acids is 2. The number of thioether (sulfide) groups is 1. The van der Waals surface area contributed by atoms with E-state index in [0.29, 0.717) is 24.5 Å². The molecule has 2 amide bonds. The second-order valence-corrected chi connectivity index (χ2v) is 9.88.